The summed E-state index contributed by atoms with van der Waals surface area (Å²) < 4.78 is 7.52. The van der Waals surface area contributed by atoms with Gasteiger partial charge in [0.1, 0.15) is 0 Å². The number of hydrogen-bond donors (Lipinski definition) is 0. The van der Waals surface area contributed by atoms with E-state index in [1.807, 2.05) is 0 Å². The maximum Gasteiger partial charge on any atom is 0.274 e. The van der Waals surface area contributed by atoms with Gasteiger partial charge in [0.05, 0.1) is 16.1 Å². The molecule has 1 aliphatic rings. The highest BCUT2D eigenvalue weighted by atomic mass is 16.6. The third kappa shape index (κ3) is 2.31. The summed E-state index contributed by atoms with van der Waals surface area (Å²) in [5, 5.41) is 16.6. The first-order valence-corrected chi connectivity index (χ1v) is 7.03. The second kappa shape index (κ2) is 5.29. The maximum atomic E-state index is 11.2. The fourth-order valence-corrected chi connectivity index (χ4v) is 2.79. The molecule has 0 radical (unpaired) electrons. The summed E-state index contributed by atoms with van der Waals surface area (Å²) in [6, 6.07) is 3.39. The van der Waals surface area contributed by atoms with Gasteiger partial charge in [-0.15, -0.1) is 0 Å². The van der Waals surface area contributed by atoms with Gasteiger partial charge in [-0.25, -0.2) is 4.68 Å². The standard InChI is InChI=1S/C15H17N3O3/c1-3-12-11-8-10(2)13(18(19)20)9-14(11)17(16-12)15-6-4-5-7-21-15/h3,8-9,15H,1,4-7H2,2H3. The zero-order chi connectivity index (χ0) is 15.0. The second-order valence-corrected chi connectivity index (χ2v) is 5.27. The Balaban J connectivity index is 2.21. The van der Waals surface area contributed by atoms with Crippen molar-refractivity contribution >= 4 is 22.7 Å². The summed E-state index contributed by atoms with van der Waals surface area (Å²) in [5.74, 6) is 0. The van der Waals surface area contributed by atoms with Crippen molar-refractivity contribution in [2.24, 2.45) is 0 Å². The van der Waals surface area contributed by atoms with Crippen molar-refractivity contribution in [1.29, 1.82) is 0 Å². The Labute approximate surface area is 122 Å². The van der Waals surface area contributed by atoms with Crippen molar-refractivity contribution in [1.82, 2.24) is 9.78 Å². The Morgan fingerprint density at radius 3 is 2.95 bits per heavy atom. The van der Waals surface area contributed by atoms with E-state index in [2.05, 4.69) is 11.7 Å². The van der Waals surface area contributed by atoms with Crippen molar-refractivity contribution < 1.29 is 9.66 Å². The summed E-state index contributed by atoms with van der Waals surface area (Å²) in [6.07, 6.45) is 4.51. The molecule has 110 valence electrons. The highest BCUT2D eigenvalue weighted by Gasteiger charge is 2.23. The minimum absolute atomic E-state index is 0.107. The first-order valence-electron chi connectivity index (χ1n) is 7.03. The lowest BCUT2D eigenvalue weighted by Crippen LogP contribution is -2.19. The van der Waals surface area contributed by atoms with E-state index in [9.17, 15) is 10.1 Å². The Kier molecular flexibility index (Phi) is 3.47. The van der Waals surface area contributed by atoms with Crippen molar-refractivity contribution in [3.63, 3.8) is 0 Å². The van der Waals surface area contributed by atoms with Gasteiger partial charge in [-0.05, 0) is 38.3 Å². The summed E-state index contributed by atoms with van der Waals surface area (Å²) in [4.78, 5) is 10.8. The monoisotopic (exact) mass is 287 g/mol. The minimum Gasteiger partial charge on any atom is -0.356 e. The molecule has 0 saturated carbocycles. The highest BCUT2D eigenvalue weighted by molar-refractivity contribution is 5.89. The molecule has 0 bridgehead atoms. The van der Waals surface area contributed by atoms with Crippen LogP contribution in [0.5, 0.6) is 0 Å². The molecule has 2 heterocycles. The number of benzene rings is 1. The quantitative estimate of drug-likeness (QED) is 0.639. The zero-order valence-corrected chi connectivity index (χ0v) is 11.9. The molecule has 6 nitrogen and oxygen atoms in total. The fraction of sp³-hybridized carbons (Fsp3) is 0.400. The molecule has 0 N–H and O–H groups in total. The molecule has 2 aromatic rings. The zero-order valence-electron chi connectivity index (χ0n) is 11.9. The van der Waals surface area contributed by atoms with Crippen LogP contribution in [-0.4, -0.2) is 21.3 Å². The predicted octanol–water partition coefficient (Wildman–Crippen LogP) is 3.60. The van der Waals surface area contributed by atoms with Crippen LogP contribution in [0.15, 0.2) is 18.7 Å². The van der Waals surface area contributed by atoms with E-state index in [0.717, 1.165) is 35.9 Å². The van der Waals surface area contributed by atoms with Crippen LogP contribution in [0.3, 0.4) is 0 Å². The van der Waals surface area contributed by atoms with E-state index in [4.69, 9.17) is 4.74 Å². The Morgan fingerprint density at radius 2 is 2.33 bits per heavy atom. The molecular formula is C15H17N3O3. The molecule has 1 aliphatic heterocycles. The van der Waals surface area contributed by atoms with Crippen molar-refractivity contribution in [2.45, 2.75) is 32.4 Å². The number of rotatable bonds is 3. The van der Waals surface area contributed by atoms with Crippen molar-refractivity contribution in [2.75, 3.05) is 6.61 Å². The Bertz CT molecular complexity index is 715. The molecule has 1 atom stereocenters. The van der Waals surface area contributed by atoms with Gasteiger partial charge < -0.3 is 4.74 Å². The normalized spacial score (nSPS) is 18.8. The Morgan fingerprint density at radius 1 is 1.52 bits per heavy atom. The average molecular weight is 287 g/mol. The predicted molar refractivity (Wildman–Crippen MR) is 80.1 cm³/mol. The van der Waals surface area contributed by atoms with Crippen LogP contribution in [0.4, 0.5) is 5.69 Å². The van der Waals surface area contributed by atoms with Gasteiger partial charge in [0.2, 0.25) is 0 Å². The number of nitro benzene ring substituents is 1. The van der Waals surface area contributed by atoms with Gasteiger partial charge in [0.15, 0.2) is 6.23 Å². The van der Waals surface area contributed by atoms with Crippen LogP contribution < -0.4 is 0 Å². The number of hydrogen-bond acceptors (Lipinski definition) is 4. The molecule has 0 spiro atoms. The van der Waals surface area contributed by atoms with Crippen LogP contribution in [-0.2, 0) is 4.74 Å². The molecule has 6 heteroatoms. The first kappa shape index (κ1) is 13.8. The van der Waals surface area contributed by atoms with Gasteiger partial charge in [-0.3, -0.25) is 10.1 Å². The summed E-state index contributed by atoms with van der Waals surface area (Å²) in [5.41, 5.74) is 2.20. The molecule has 1 aromatic heterocycles. The SMILES string of the molecule is C=Cc1nn(C2CCCCO2)c2cc([N+](=O)[O-])c(C)cc12. The van der Waals surface area contributed by atoms with Gasteiger partial charge in [0, 0.05) is 23.6 Å². The smallest absolute Gasteiger partial charge is 0.274 e. The lowest BCUT2D eigenvalue weighted by atomic mass is 10.1. The van der Waals surface area contributed by atoms with Crippen molar-refractivity contribution in [3.8, 4) is 0 Å². The summed E-state index contributed by atoms with van der Waals surface area (Å²) >= 11 is 0. The van der Waals surface area contributed by atoms with Gasteiger partial charge >= 0.3 is 0 Å². The Hall–Kier alpha value is -2.21. The highest BCUT2D eigenvalue weighted by Crippen LogP contribution is 2.32. The largest absolute Gasteiger partial charge is 0.356 e. The molecule has 21 heavy (non-hydrogen) atoms. The van der Waals surface area contributed by atoms with E-state index >= 15 is 0 Å². The number of nitrogens with zero attached hydrogens (tertiary/aromatic N) is 3. The molecule has 0 amide bonds. The van der Waals surface area contributed by atoms with Crippen LogP contribution in [0.25, 0.3) is 17.0 Å². The molecule has 1 saturated heterocycles. The molecule has 3 rings (SSSR count). The number of aromatic nitrogens is 2. The van der Waals surface area contributed by atoms with E-state index in [1.165, 1.54) is 0 Å². The topological polar surface area (TPSA) is 70.2 Å². The van der Waals surface area contributed by atoms with Crippen LogP contribution in [0.2, 0.25) is 0 Å². The summed E-state index contributed by atoms with van der Waals surface area (Å²) in [6.45, 7) is 6.21. The third-order valence-electron chi connectivity index (χ3n) is 3.87. The van der Waals surface area contributed by atoms with Gasteiger partial charge in [-0.1, -0.05) is 6.58 Å². The third-order valence-corrected chi connectivity index (χ3v) is 3.87. The van der Waals surface area contributed by atoms with Crippen molar-refractivity contribution in [3.05, 3.63) is 40.1 Å². The lowest BCUT2D eigenvalue weighted by molar-refractivity contribution is -0.385. The first-order chi connectivity index (χ1) is 10.1. The molecule has 1 aromatic carbocycles. The molecule has 0 aliphatic carbocycles. The van der Waals surface area contributed by atoms with Crippen LogP contribution in [0, 0.1) is 17.0 Å². The van der Waals surface area contributed by atoms with Crippen LogP contribution in [0.1, 0.15) is 36.7 Å². The molecular weight excluding hydrogens is 270 g/mol. The number of fused-ring (bicyclic) bond motifs is 1. The van der Waals surface area contributed by atoms with E-state index in [0.29, 0.717) is 12.2 Å². The number of aryl methyl sites for hydroxylation is 1. The van der Waals surface area contributed by atoms with Crippen LogP contribution >= 0.6 is 0 Å². The van der Waals surface area contributed by atoms with Gasteiger partial charge in [-0.2, -0.15) is 5.10 Å². The number of ether oxygens (including phenoxy) is 1. The van der Waals surface area contributed by atoms with E-state index < -0.39 is 0 Å². The fourth-order valence-electron chi connectivity index (χ4n) is 2.79. The minimum atomic E-state index is -0.360. The lowest BCUT2D eigenvalue weighted by Gasteiger charge is -2.23. The van der Waals surface area contributed by atoms with E-state index in [-0.39, 0.29) is 16.8 Å². The molecule has 1 fully saturated rings. The number of nitro groups is 1. The summed E-state index contributed by atoms with van der Waals surface area (Å²) in [7, 11) is 0. The second-order valence-electron chi connectivity index (χ2n) is 5.27. The van der Waals surface area contributed by atoms with Gasteiger partial charge in [0.25, 0.3) is 5.69 Å². The average Bonchev–Trinajstić information content (AvgIpc) is 2.84. The molecule has 1 unspecified atom stereocenters. The maximum absolute atomic E-state index is 11.2. The van der Waals surface area contributed by atoms with E-state index in [1.54, 1.807) is 29.8 Å².